The molecule has 1 N–H and O–H groups in total. The van der Waals surface area contributed by atoms with Gasteiger partial charge in [0.1, 0.15) is 5.69 Å². The van der Waals surface area contributed by atoms with Crippen LogP contribution in [0.1, 0.15) is 22.9 Å². The molecule has 0 bridgehead atoms. The number of aromatic nitrogens is 2. The molecule has 1 atom stereocenters. The quantitative estimate of drug-likeness (QED) is 0.940. The fourth-order valence-corrected chi connectivity index (χ4v) is 2.71. The van der Waals surface area contributed by atoms with E-state index in [1.54, 1.807) is 19.5 Å². The summed E-state index contributed by atoms with van der Waals surface area (Å²) in [7, 11) is 3.50. The van der Waals surface area contributed by atoms with Gasteiger partial charge in [-0.25, -0.2) is 4.98 Å². The third kappa shape index (κ3) is 3.11. The molecule has 0 saturated carbocycles. The van der Waals surface area contributed by atoms with Crippen LogP contribution in [0.25, 0.3) is 0 Å². The van der Waals surface area contributed by atoms with Crippen molar-refractivity contribution in [2.24, 2.45) is 0 Å². The Morgan fingerprint density at radius 1 is 1.21 bits per heavy atom. The zero-order valence-corrected chi connectivity index (χ0v) is 12.7. The summed E-state index contributed by atoms with van der Waals surface area (Å²) in [5.41, 5.74) is 3.09. The molecule has 5 heteroatoms. The van der Waals surface area contributed by atoms with Gasteiger partial charge < -0.3 is 10.1 Å². The normalized spacial score (nSPS) is 12.2. The Labute approximate surface area is 121 Å². The molecule has 2 aromatic rings. The molecule has 0 amide bonds. The fourth-order valence-electron chi connectivity index (χ4n) is 2.08. The molecular formula is C14H16BrN3O. The van der Waals surface area contributed by atoms with Crippen LogP contribution in [-0.2, 0) is 0 Å². The summed E-state index contributed by atoms with van der Waals surface area (Å²) in [5, 5.41) is 3.26. The summed E-state index contributed by atoms with van der Waals surface area (Å²) in [4.78, 5) is 8.59. The molecule has 1 unspecified atom stereocenters. The zero-order valence-electron chi connectivity index (χ0n) is 11.1. The van der Waals surface area contributed by atoms with Gasteiger partial charge in [-0.1, -0.05) is 22.0 Å². The van der Waals surface area contributed by atoms with Gasteiger partial charge >= 0.3 is 0 Å². The van der Waals surface area contributed by atoms with Crippen LogP contribution in [0.2, 0.25) is 0 Å². The Balaban J connectivity index is 2.49. The third-order valence-electron chi connectivity index (χ3n) is 2.84. The maximum atomic E-state index is 5.28. The smallest absolute Gasteiger partial charge is 0.237 e. The first-order valence-electron chi connectivity index (χ1n) is 5.95. The number of methoxy groups -OCH3 is 1. The number of ether oxygens (including phenoxy) is 1. The highest BCUT2D eigenvalue weighted by atomic mass is 79.9. The van der Waals surface area contributed by atoms with Crippen molar-refractivity contribution < 1.29 is 4.74 Å². The predicted octanol–water partition coefficient (Wildman–Crippen LogP) is 2.86. The molecule has 0 saturated heterocycles. The van der Waals surface area contributed by atoms with Crippen molar-refractivity contribution in [1.82, 2.24) is 15.3 Å². The number of aryl methyl sites for hydroxylation is 1. The molecule has 0 aliphatic heterocycles. The first-order valence-corrected chi connectivity index (χ1v) is 6.74. The molecular weight excluding hydrogens is 306 g/mol. The van der Waals surface area contributed by atoms with Crippen molar-refractivity contribution in [3.05, 3.63) is 51.9 Å². The van der Waals surface area contributed by atoms with Crippen LogP contribution in [0.15, 0.2) is 35.1 Å². The number of nitrogens with zero attached hydrogens (tertiary/aromatic N) is 2. The van der Waals surface area contributed by atoms with E-state index in [2.05, 4.69) is 56.3 Å². The van der Waals surface area contributed by atoms with E-state index in [4.69, 9.17) is 4.74 Å². The second kappa shape index (κ2) is 6.12. The average Bonchev–Trinajstić information content (AvgIpc) is 2.39. The molecule has 0 radical (unpaired) electrons. The molecule has 1 aromatic heterocycles. The molecule has 0 fully saturated rings. The molecule has 19 heavy (non-hydrogen) atoms. The van der Waals surface area contributed by atoms with Crippen molar-refractivity contribution in [2.75, 3.05) is 14.2 Å². The number of benzene rings is 1. The lowest BCUT2D eigenvalue weighted by atomic mass is 10.0. The van der Waals surface area contributed by atoms with Crippen molar-refractivity contribution in [2.45, 2.75) is 13.0 Å². The Morgan fingerprint density at radius 3 is 2.58 bits per heavy atom. The monoisotopic (exact) mass is 321 g/mol. The molecule has 0 aliphatic rings. The Hall–Kier alpha value is -1.46. The van der Waals surface area contributed by atoms with Crippen LogP contribution in [0, 0.1) is 6.92 Å². The number of halogens is 1. The predicted molar refractivity (Wildman–Crippen MR) is 78.4 cm³/mol. The van der Waals surface area contributed by atoms with Crippen LogP contribution >= 0.6 is 15.9 Å². The van der Waals surface area contributed by atoms with E-state index in [1.165, 1.54) is 5.56 Å². The van der Waals surface area contributed by atoms with E-state index >= 15 is 0 Å². The lowest BCUT2D eigenvalue weighted by Crippen LogP contribution is -2.20. The molecule has 0 spiro atoms. The van der Waals surface area contributed by atoms with Crippen molar-refractivity contribution in [1.29, 1.82) is 0 Å². The van der Waals surface area contributed by atoms with Crippen molar-refractivity contribution >= 4 is 15.9 Å². The highest BCUT2D eigenvalue weighted by Gasteiger charge is 2.19. The van der Waals surface area contributed by atoms with Gasteiger partial charge in [-0.2, -0.15) is 0 Å². The minimum absolute atomic E-state index is 0.0557. The van der Waals surface area contributed by atoms with E-state index in [0.717, 1.165) is 15.7 Å². The van der Waals surface area contributed by atoms with Gasteiger partial charge in [0.15, 0.2) is 0 Å². The van der Waals surface area contributed by atoms with Gasteiger partial charge in [0, 0.05) is 16.9 Å². The van der Waals surface area contributed by atoms with Crippen LogP contribution in [0.5, 0.6) is 5.88 Å². The lowest BCUT2D eigenvalue weighted by Gasteiger charge is -2.18. The summed E-state index contributed by atoms with van der Waals surface area (Å²) in [6, 6.07) is 6.21. The Morgan fingerprint density at radius 2 is 1.95 bits per heavy atom. The molecule has 4 nitrogen and oxygen atoms in total. The van der Waals surface area contributed by atoms with E-state index < -0.39 is 0 Å². The van der Waals surface area contributed by atoms with Gasteiger partial charge in [0.05, 0.1) is 13.2 Å². The van der Waals surface area contributed by atoms with Gasteiger partial charge in [-0.3, -0.25) is 4.98 Å². The summed E-state index contributed by atoms with van der Waals surface area (Å²) >= 11 is 3.52. The summed E-state index contributed by atoms with van der Waals surface area (Å²) < 4.78 is 6.33. The highest BCUT2D eigenvalue weighted by Crippen LogP contribution is 2.28. The van der Waals surface area contributed by atoms with Gasteiger partial charge in [0.25, 0.3) is 0 Å². The van der Waals surface area contributed by atoms with E-state index in [-0.39, 0.29) is 6.04 Å². The number of nitrogens with one attached hydrogen (secondary N) is 1. The van der Waals surface area contributed by atoms with Gasteiger partial charge in [-0.05, 0) is 37.2 Å². The second-order valence-corrected chi connectivity index (χ2v) is 5.15. The van der Waals surface area contributed by atoms with Gasteiger partial charge in [0.2, 0.25) is 5.88 Å². The topological polar surface area (TPSA) is 47.0 Å². The summed E-state index contributed by atoms with van der Waals surface area (Å²) in [6.07, 6.45) is 3.30. The molecule has 2 rings (SSSR count). The maximum Gasteiger partial charge on any atom is 0.237 e. The van der Waals surface area contributed by atoms with Crippen molar-refractivity contribution in [3.63, 3.8) is 0 Å². The highest BCUT2D eigenvalue weighted by molar-refractivity contribution is 9.10. The first kappa shape index (κ1) is 14.0. The van der Waals surface area contributed by atoms with Crippen LogP contribution in [0.3, 0.4) is 0 Å². The fraction of sp³-hybridized carbons (Fsp3) is 0.286. The van der Waals surface area contributed by atoms with Crippen molar-refractivity contribution in [3.8, 4) is 5.88 Å². The Bertz CT molecular complexity index is 554. The second-order valence-electron chi connectivity index (χ2n) is 4.23. The SMILES string of the molecule is CNC(c1cc(C)cc(Br)c1)c1nccnc1OC. The van der Waals surface area contributed by atoms with E-state index in [9.17, 15) is 0 Å². The van der Waals surface area contributed by atoms with Gasteiger partial charge in [-0.15, -0.1) is 0 Å². The van der Waals surface area contributed by atoms with E-state index in [0.29, 0.717) is 5.88 Å². The standard InChI is InChI=1S/C14H16BrN3O/c1-9-6-10(8-11(15)7-9)12(16-2)13-14(19-3)18-5-4-17-13/h4-8,12,16H,1-3H3. The average molecular weight is 322 g/mol. The van der Waals surface area contributed by atoms with Crippen LogP contribution < -0.4 is 10.1 Å². The zero-order chi connectivity index (χ0) is 13.8. The minimum Gasteiger partial charge on any atom is -0.480 e. The number of hydrogen-bond acceptors (Lipinski definition) is 4. The molecule has 1 aromatic carbocycles. The molecule has 100 valence electrons. The maximum absolute atomic E-state index is 5.28. The minimum atomic E-state index is -0.0557. The van der Waals surface area contributed by atoms with Crippen LogP contribution in [0.4, 0.5) is 0 Å². The summed E-state index contributed by atoms with van der Waals surface area (Å²) in [5.74, 6) is 0.541. The largest absolute Gasteiger partial charge is 0.480 e. The molecule has 0 aliphatic carbocycles. The lowest BCUT2D eigenvalue weighted by molar-refractivity contribution is 0.384. The molecule has 1 heterocycles. The third-order valence-corrected chi connectivity index (χ3v) is 3.30. The number of hydrogen-bond donors (Lipinski definition) is 1. The van der Waals surface area contributed by atoms with Crippen LogP contribution in [-0.4, -0.2) is 24.1 Å². The summed E-state index contributed by atoms with van der Waals surface area (Å²) in [6.45, 7) is 2.06. The first-order chi connectivity index (χ1) is 9.15. The number of rotatable bonds is 4. The van der Waals surface area contributed by atoms with E-state index in [1.807, 2.05) is 7.05 Å². The Kier molecular flexibility index (Phi) is 4.50.